The molecule has 2 rings (SSSR count). The molecule has 0 aromatic heterocycles. The van der Waals surface area contributed by atoms with Crippen LogP contribution >= 0.6 is 11.8 Å². The molecule has 0 bridgehead atoms. The Morgan fingerprint density at radius 2 is 1.95 bits per heavy atom. The summed E-state index contributed by atoms with van der Waals surface area (Å²) in [5.74, 6) is 3.54. The Kier molecular flexibility index (Phi) is 7.41. The molecule has 1 aliphatic rings. The molecular formula is C17H28N2OS. The smallest absolute Gasteiger partial charge is 0.119 e. The van der Waals surface area contributed by atoms with Gasteiger partial charge in [0.25, 0.3) is 0 Å². The van der Waals surface area contributed by atoms with Crippen molar-refractivity contribution < 1.29 is 4.74 Å². The van der Waals surface area contributed by atoms with Crippen LogP contribution in [0.4, 0.5) is 0 Å². The van der Waals surface area contributed by atoms with E-state index in [9.17, 15) is 0 Å². The highest BCUT2D eigenvalue weighted by molar-refractivity contribution is 7.99. The highest BCUT2D eigenvalue weighted by Gasteiger charge is 2.10. The van der Waals surface area contributed by atoms with Crippen LogP contribution in [0.2, 0.25) is 0 Å². The van der Waals surface area contributed by atoms with Crippen molar-refractivity contribution in [3.8, 4) is 5.75 Å². The number of nitrogens with zero attached hydrogens (tertiary/aromatic N) is 1. The Balaban J connectivity index is 1.70. The standard InChI is InChI=1S/C17H28N2OS/c1-3-12-20-17-6-4-16(5-7-17)15(2)18-8-9-19-10-13-21-14-11-19/h4-7,15,18H,3,8-14H2,1-2H3. The third-order valence-electron chi connectivity index (χ3n) is 3.84. The van der Waals surface area contributed by atoms with Crippen molar-refractivity contribution in [3.63, 3.8) is 0 Å². The number of rotatable bonds is 8. The van der Waals surface area contributed by atoms with Crippen molar-refractivity contribution in [2.75, 3.05) is 44.3 Å². The molecule has 1 aromatic rings. The predicted octanol–water partition coefficient (Wildman–Crippen LogP) is 3.17. The molecular weight excluding hydrogens is 280 g/mol. The molecule has 1 aliphatic heterocycles. The van der Waals surface area contributed by atoms with Gasteiger partial charge in [-0.1, -0.05) is 19.1 Å². The summed E-state index contributed by atoms with van der Waals surface area (Å²) in [5, 5.41) is 3.62. The molecule has 1 atom stereocenters. The van der Waals surface area contributed by atoms with Crippen LogP contribution in [0.3, 0.4) is 0 Å². The van der Waals surface area contributed by atoms with E-state index in [1.165, 1.54) is 30.2 Å². The monoisotopic (exact) mass is 308 g/mol. The number of ether oxygens (including phenoxy) is 1. The summed E-state index contributed by atoms with van der Waals surface area (Å²) in [4.78, 5) is 2.55. The lowest BCUT2D eigenvalue weighted by Crippen LogP contribution is -2.38. The van der Waals surface area contributed by atoms with E-state index < -0.39 is 0 Å². The van der Waals surface area contributed by atoms with Gasteiger partial charge >= 0.3 is 0 Å². The van der Waals surface area contributed by atoms with Gasteiger partial charge < -0.3 is 15.0 Å². The van der Waals surface area contributed by atoms with E-state index in [2.05, 4.69) is 60.1 Å². The molecule has 1 unspecified atom stereocenters. The molecule has 3 nitrogen and oxygen atoms in total. The van der Waals surface area contributed by atoms with Crippen molar-refractivity contribution in [1.82, 2.24) is 10.2 Å². The quantitative estimate of drug-likeness (QED) is 0.797. The van der Waals surface area contributed by atoms with Gasteiger partial charge in [0.2, 0.25) is 0 Å². The Hall–Kier alpha value is -0.710. The minimum absolute atomic E-state index is 0.393. The molecule has 0 amide bonds. The Morgan fingerprint density at radius 1 is 1.24 bits per heavy atom. The Morgan fingerprint density at radius 3 is 2.62 bits per heavy atom. The fourth-order valence-corrected chi connectivity index (χ4v) is 3.43. The normalized spacial score (nSPS) is 17.6. The number of hydrogen-bond acceptors (Lipinski definition) is 4. The molecule has 1 saturated heterocycles. The molecule has 0 saturated carbocycles. The van der Waals surface area contributed by atoms with Crippen LogP contribution in [0, 0.1) is 0 Å². The van der Waals surface area contributed by atoms with Crippen molar-refractivity contribution in [1.29, 1.82) is 0 Å². The first kappa shape index (κ1) is 16.7. The van der Waals surface area contributed by atoms with Gasteiger partial charge in [-0.3, -0.25) is 0 Å². The molecule has 0 aliphatic carbocycles. The van der Waals surface area contributed by atoms with Gasteiger partial charge in [-0.25, -0.2) is 0 Å². The van der Waals surface area contributed by atoms with Gasteiger partial charge in [-0.15, -0.1) is 0 Å². The highest BCUT2D eigenvalue weighted by atomic mass is 32.2. The molecule has 0 spiro atoms. The van der Waals surface area contributed by atoms with E-state index in [1.807, 2.05) is 0 Å². The summed E-state index contributed by atoms with van der Waals surface area (Å²) < 4.78 is 5.62. The summed E-state index contributed by atoms with van der Waals surface area (Å²) in [5.41, 5.74) is 1.33. The lowest BCUT2D eigenvalue weighted by molar-refractivity contribution is 0.296. The van der Waals surface area contributed by atoms with Crippen LogP contribution in [0.1, 0.15) is 31.9 Å². The van der Waals surface area contributed by atoms with Gasteiger partial charge in [-0.05, 0) is 31.0 Å². The molecule has 1 heterocycles. The van der Waals surface area contributed by atoms with Crippen molar-refractivity contribution in [3.05, 3.63) is 29.8 Å². The summed E-state index contributed by atoms with van der Waals surface area (Å²) in [6, 6.07) is 8.88. The first-order chi connectivity index (χ1) is 10.3. The molecule has 1 fully saturated rings. The second-order valence-electron chi connectivity index (χ2n) is 5.55. The van der Waals surface area contributed by atoms with E-state index in [0.717, 1.165) is 31.9 Å². The summed E-state index contributed by atoms with van der Waals surface area (Å²) in [7, 11) is 0. The predicted molar refractivity (Wildman–Crippen MR) is 92.4 cm³/mol. The average Bonchev–Trinajstić information content (AvgIpc) is 2.54. The molecule has 1 aromatic carbocycles. The zero-order chi connectivity index (χ0) is 14.9. The van der Waals surface area contributed by atoms with E-state index in [0.29, 0.717) is 6.04 Å². The SMILES string of the molecule is CCCOc1ccc(C(C)NCCN2CCSCC2)cc1. The van der Waals surface area contributed by atoms with E-state index in [4.69, 9.17) is 4.74 Å². The third kappa shape index (κ3) is 5.89. The van der Waals surface area contributed by atoms with Crippen molar-refractivity contribution in [2.45, 2.75) is 26.3 Å². The van der Waals surface area contributed by atoms with Gasteiger partial charge in [0.15, 0.2) is 0 Å². The number of nitrogens with one attached hydrogen (secondary N) is 1. The maximum atomic E-state index is 5.62. The lowest BCUT2D eigenvalue weighted by atomic mass is 10.1. The topological polar surface area (TPSA) is 24.5 Å². The van der Waals surface area contributed by atoms with Crippen LogP contribution in [0.15, 0.2) is 24.3 Å². The van der Waals surface area contributed by atoms with Crippen LogP contribution in [0.5, 0.6) is 5.75 Å². The maximum Gasteiger partial charge on any atom is 0.119 e. The van der Waals surface area contributed by atoms with Gasteiger partial charge in [0.1, 0.15) is 5.75 Å². The zero-order valence-corrected chi connectivity index (χ0v) is 14.1. The molecule has 0 radical (unpaired) electrons. The van der Waals surface area contributed by atoms with Gasteiger partial charge in [0, 0.05) is 43.7 Å². The maximum absolute atomic E-state index is 5.62. The van der Waals surface area contributed by atoms with Gasteiger partial charge in [0.05, 0.1) is 6.61 Å². The Labute approximate surface area is 133 Å². The van der Waals surface area contributed by atoms with E-state index in [-0.39, 0.29) is 0 Å². The summed E-state index contributed by atoms with van der Waals surface area (Å²) in [6.45, 7) is 9.84. The van der Waals surface area contributed by atoms with Gasteiger partial charge in [-0.2, -0.15) is 11.8 Å². The molecule has 1 N–H and O–H groups in total. The minimum Gasteiger partial charge on any atom is -0.494 e. The molecule has 4 heteroatoms. The number of thioether (sulfide) groups is 1. The summed E-state index contributed by atoms with van der Waals surface area (Å²) in [6.07, 6.45) is 1.05. The first-order valence-electron chi connectivity index (χ1n) is 8.06. The lowest BCUT2D eigenvalue weighted by Gasteiger charge is -2.26. The van der Waals surface area contributed by atoms with Crippen molar-refractivity contribution >= 4 is 11.8 Å². The fourth-order valence-electron chi connectivity index (χ4n) is 2.45. The number of benzene rings is 1. The van der Waals surface area contributed by atoms with E-state index in [1.54, 1.807) is 0 Å². The molecule has 118 valence electrons. The highest BCUT2D eigenvalue weighted by Crippen LogP contribution is 2.17. The average molecular weight is 308 g/mol. The van der Waals surface area contributed by atoms with Crippen LogP contribution in [0.25, 0.3) is 0 Å². The minimum atomic E-state index is 0.393. The van der Waals surface area contributed by atoms with Crippen LogP contribution < -0.4 is 10.1 Å². The van der Waals surface area contributed by atoms with Crippen LogP contribution in [-0.4, -0.2) is 49.2 Å². The third-order valence-corrected chi connectivity index (χ3v) is 4.78. The second-order valence-corrected chi connectivity index (χ2v) is 6.77. The van der Waals surface area contributed by atoms with Crippen LogP contribution in [-0.2, 0) is 0 Å². The largest absolute Gasteiger partial charge is 0.494 e. The number of hydrogen-bond donors (Lipinski definition) is 1. The Bertz CT molecular complexity index is 390. The zero-order valence-electron chi connectivity index (χ0n) is 13.3. The second kappa shape index (κ2) is 9.34. The van der Waals surface area contributed by atoms with Crippen molar-refractivity contribution in [2.24, 2.45) is 0 Å². The fraction of sp³-hybridized carbons (Fsp3) is 0.647. The van der Waals surface area contributed by atoms with E-state index >= 15 is 0 Å². The first-order valence-corrected chi connectivity index (χ1v) is 9.21. The molecule has 21 heavy (non-hydrogen) atoms. The summed E-state index contributed by atoms with van der Waals surface area (Å²) >= 11 is 2.07.